The zero-order valence-electron chi connectivity index (χ0n) is 11.8. The fraction of sp³-hybridized carbons (Fsp3) is 0.357. The number of anilines is 1. The molecule has 2 rings (SSSR count). The predicted octanol–water partition coefficient (Wildman–Crippen LogP) is 2.57. The summed E-state index contributed by atoms with van der Waals surface area (Å²) < 4.78 is 26.9. The number of H-pyrrole nitrogens is 1. The van der Waals surface area contributed by atoms with Gasteiger partial charge >= 0.3 is 0 Å². The summed E-state index contributed by atoms with van der Waals surface area (Å²) in [4.78, 5) is 0. The number of aromatic amines is 1. The minimum absolute atomic E-state index is 0.0301. The fourth-order valence-electron chi connectivity index (χ4n) is 1.98. The van der Waals surface area contributed by atoms with Gasteiger partial charge in [0.05, 0.1) is 5.75 Å². The van der Waals surface area contributed by atoms with Crippen LogP contribution in [0.2, 0.25) is 0 Å². The molecule has 0 bridgehead atoms. The van der Waals surface area contributed by atoms with Gasteiger partial charge in [-0.1, -0.05) is 37.3 Å². The lowest BCUT2D eigenvalue weighted by Crippen LogP contribution is -2.21. The van der Waals surface area contributed by atoms with Gasteiger partial charge in [0.15, 0.2) is 5.82 Å². The van der Waals surface area contributed by atoms with Crippen LogP contribution in [0.15, 0.2) is 30.3 Å². The van der Waals surface area contributed by atoms with E-state index >= 15 is 0 Å². The van der Waals surface area contributed by atoms with Crippen LogP contribution in [-0.4, -0.2) is 24.4 Å². The molecule has 1 unspecified atom stereocenters. The summed E-state index contributed by atoms with van der Waals surface area (Å²) in [5.74, 6) is 0.333. The number of sulfonamides is 1. The maximum absolute atomic E-state index is 12.2. The molecule has 0 saturated heterocycles. The normalized spacial score (nSPS) is 13.2. The lowest BCUT2D eigenvalue weighted by atomic mass is 10.0. The zero-order valence-corrected chi connectivity index (χ0v) is 12.7. The minimum atomic E-state index is -3.42. The third-order valence-electron chi connectivity index (χ3n) is 3.34. The number of hydrogen-bond donors (Lipinski definition) is 2. The summed E-state index contributed by atoms with van der Waals surface area (Å²) >= 11 is 0. The SMILES string of the molecule is Cc1[nH]nc(NS(=O)(=O)CC(C)c2ccccc2)c1C. The third kappa shape index (κ3) is 3.39. The molecule has 0 aliphatic rings. The van der Waals surface area contributed by atoms with Crippen molar-refractivity contribution in [3.8, 4) is 0 Å². The molecular formula is C14H19N3O2S. The number of nitrogens with zero attached hydrogens (tertiary/aromatic N) is 1. The molecule has 0 spiro atoms. The van der Waals surface area contributed by atoms with Crippen LogP contribution in [0.4, 0.5) is 5.82 Å². The molecule has 0 fully saturated rings. The van der Waals surface area contributed by atoms with Crippen LogP contribution in [0.25, 0.3) is 0 Å². The lowest BCUT2D eigenvalue weighted by Gasteiger charge is -2.13. The number of aryl methyl sites for hydroxylation is 1. The molecule has 1 heterocycles. The van der Waals surface area contributed by atoms with Gasteiger partial charge in [-0.05, 0) is 25.3 Å². The number of aromatic nitrogens is 2. The molecule has 0 amide bonds. The van der Waals surface area contributed by atoms with Gasteiger partial charge in [0.25, 0.3) is 0 Å². The predicted molar refractivity (Wildman–Crippen MR) is 80.3 cm³/mol. The highest BCUT2D eigenvalue weighted by atomic mass is 32.2. The Balaban J connectivity index is 2.10. The van der Waals surface area contributed by atoms with E-state index in [2.05, 4.69) is 14.9 Å². The number of rotatable bonds is 5. The Bertz CT molecular complexity index is 678. The quantitative estimate of drug-likeness (QED) is 0.889. The topological polar surface area (TPSA) is 74.8 Å². The van der Waals surface area contributed by atoms with E-state index in [-0.39, 0.29) is 11.7 Å². The maximum Gasteiger partial charge on any atom is 0.234 e. The van der Waals surface area contributed by atoms with E-state index in [1.165, 1.54) is 0 Å². The first kappa shape index (κ1) is 14.6. The van der Waals surface area contributed by atoms with Crippen LogP contribution in [-0.2, 0) is 10.0 Å². The van der Waals surface area contributed by atoms with Crippen molar-refractivity contribution in [3.05, 3.63) is 47.2 Å². The van der Waals surface area contributed by atoms with Gasteiger partial charge in [0, 0.05) is 11.3 Å². The maximum atomic E-state index is 12.2. The van der Waals surface area contributed by atoms with Crippen molar-refractivity contribution < 1.29 is 8.42 Å². The largest absolute Gasteiger partial charge is 0.280 e. The molecular weight excluding hydrogens is 274 g/mol. The van der Waals surface area contributed by atoms with Crippen molar-refractivity contribution in [1.29, 1.82) is 0 Å². The summed E-state index contributed by atoms with van der Waals surface area (Å²) in [6.45, 7) is 5.58. The van der Waals surface area contributed by atoms with E-state index in [0.29, 0.717) is 5.82 Å². The van der Waals surface area contributed by atoms with Crippen molar-refractivity contribution in [2.45, 2.75) is 26.7 Å². The van der Waals surface area contributed by atoms with Crippen LogP contribution in [0, 0.1) is 13.8 Å². The number of nitrogens with one attached hydrogen (secondary N) is 2. The van der Waals surface area contributed by atoms with Gasteiger partial charge in [0.2, 0.25) is 10.0 Å². The van der Waals surface area contributed by atoms with Crippen LogP contribution in [0.3, 0.4) is 0 Å². The third-order valence-corrected chi connectivity index (χ3v) is 4.79. The van der Waals surface area contributed by atoms with Crippen LogP contribution in [0.1, 0.15) is 29.7 Å². The molecule has 0 radical (unpaired) electrons. The van der Waals surface area contributed by atoms with Crippen LogP contribution < -0.4 is 4.72 Å². The molecule has 0 aliphatic heterocycles. The standard InChI is InChI=1S/C14H19N3O2S/c1-10(13-7-5-4-6-8-13)9-20(18,19)17-14-11(2)12(3)15-16-14/h4-8,10H,9H2,1-3H3,(H2,15,16,17). The number of hydrogen-bond acceptors (Lipinski definition) is 3. The second-order valence-corrected chi connectivity index (χ2v) is 6.78. The molecule has 108 valence electrons. The van der Waals surface area contributed by atoms with Crippen molar-refractivity contribution in [3.63, 3.8) is 0 Å². The molecule has 1 aromatic carbocycles. The smallest absolute Gasteiger partial charge is 0.234 e. The van der Waals surface area contributed by atoms with Gasteiger partial charge < -0.3 is 0 Å². The Morgan fingerprint density at radius 3 is 2.45 bits per heavy atom. The van der Waals surface area contributed by atoms with Gasteiger partial charge in [-0.2, -0.15) is 5.10 Å². The minimum Gasteiger partial charge on any atom is -0.280 e. The highest BCUT2D eigenvalue weighted by Crippen LogP contribution is 2.20. The molecule has 6 heteroatoms. The average molecular weight is 293 g/mol. The lowest BCUT2D eigenvalue weighted by molar-refractivity contribution is 0.595. The van der Waals surface area contributed by atoms with Gasteiger partial charge in [-0.25, -0.2) is 8.42 Å². The second kappa shape index (κ2) is 5.66. The average Bonchev–Trinajstić information content (AvgIpc) is 2.71. The Morgan fingerprint density at radius 2 is 1.90 bits per heavy atom. The van der Waals surface area contributed by atoms with Crippen molar-refractivity contribution in [1.82, 2.24) is 10.2 Å². The molecule has 0 saturated carbocycles. The summed E-state index contributed by atoms with van der Waals surface area (Å²) in [5.41, 5.74) is 2.69. The van der Waals surface area contributed by atoms with Crippen LogP contribution in [0.5, 0.6) is 0 Å². The first-order chi connectivity index (χ1) is 9.39. The zero-order chi connectivity index (χ0) is 14.8. The monoisotopic (exact) mass is 293 g/mol. The summed E-state index contributed by atoms with van der Waals surface area (Å²) in [6, 6.07) is 9.60. The van der Waals surface area contributed by atoms with Gasteiger partial charge in [0.1, 0.15) is 0 Å². The van der Waals surface area contributed by atoms with E-state index in [9.17, 15) is 8.42 Å². The molecule has 2 aromatic rings. The fourth-order valence-corrected chi connectivity index (χ4v) is 3.41. The molecule has 1 atom stereocenters. The first-order valence-corrected chi connectivity index (χ1v) is 8.11. The highest BCUT2D eigenvalue weighted by Gasteiger charge is 2.19. The Labute approximate surface area is 119 Å². The molecule has 2 N–H and O–H groups in total. The second-order valence-electron chi connectivity index (χ2n) is 5.02. The van der Waals surface area contributed by atoms with E-state index in [1.807, 2.05) is 51.1 Å². The van der Waals surface area contributed by atoms with Crippen molar-refractivity contribution >= 4 is 15.8 Å². The van der Waals surface area contributed by atoms with Gasteiger partial charge in [-0.15, -0.1) is 0 Å². The summed E-state index contributed by atoms with van der Waals surface area (Å²) in [7, 11) is -3.42. The summed E-state index contributed by atoms with van der Waals surface area (Å²) in [5, 5.41) is 6.73. The molecule has 20 heavy (non-hydrogen) atoms. The Kier molecular flexibility index (Phi) is 4.13. The highest BCUT2D eigenvalue weighted by molar-refractivity contribution is 7.92. The van der Waals surface area contributed by atoms with E-state index in [1.54, 1.807) is 0 Å². The molecule has 5 nitrogen and oxygen atoms in total. The Hall–Kier alpha value is -1.82. The summed E-state index contributed by atoms with van der Waals surface area (Å²) in [6.07, 6.45) is 0. The van der Waals surface area contributed by atoms with Crippen molar-refractivity contribution in [2.24, 2.45) is 0 Å². The molecule has 1 aromatic heterocycles. The van der Waals surface area contributed by atoms with Crippen LogP contribution >= 0.6 is 0 Å². The Morgan fingerprint density at radius 1 is 1.25 bits per heavy atom. The van der Waals surface area contributed by atoms with E-state index < -0.39 is 10.0 Å². The molecule has 0 aliphatic carbocycles. The first-order valence-electron chi connectivity index (χ1n) is 6.46. The number of benzene rings is 1. The van der Waals surface area contributed by atoms with Gasteiger partial charge in [-0.3, -0.25) is 9.82 Å². The van der Waals surface area contributed by atoms with E-state index in [4.69, 9.17) is 0 Å². The van der Waals surface area contributed by atoms with Crippen molar-refractivity contribution in [2.75, 3.05) is 10.5 Å². The van der Waals surface area contributed by atoms with E-state index in [0.717, 1.165) is 16.8 Å².